The van der Waals surface area contributed by atoms with Gasteiger partial charge in [0.2, 0.25) is 17.7 Å². The van der Waals surface area contributed by atoms with Crippen LogP contribution in [-0.4, -0.2) is 78.9 Å². The Bertz CT molecular complexity index is 1330. The molecule has 0 aliphatic carbocycles. The third-order valence-electron chi connectivity index (χ3n) is 9.07. The minimum atomic E-state index is -1.30. The maximum Gasteiger partial charge on any atom is 0.253 e. The Kier molecular flexibility index (Phi) is 5.42. The molecule has 0 saturated carbocycles. The quantitative estimate of drug-likeness (QED) is 0.580. The van der Waals surface area contributed by atoms with Crippen LogP contribution in [0.4, 0.5) is 11.4 Å². The van der Waals surface area contributed by atoms with Crippen molar-refractivity contribution in [3.63, 3.8) is 0 Å². The Morgan fingerprint density at radius 2 is 1.63 bits per heavy atom. The van der Waals surface area contributed by atoms with Crippen molar-refractivity contribution in [2.45, 2.75) is 30.8 Å². The van der Waals surface area contributed by atoms with Gasteiger partial charge in [0.15, 0.2) is 0 Å². The van der Waals surface area contributed by atoms with E-state index in [0.717, 1.165) is 24.8 Å². The number of hydrogen-bond acceptors (Lipinski definition) is 6. The average Bonchev–Trinajstić information content (AvgIpc) is 3.51. The molecular weight excluding hydrogens is 484 g/mol. The molecule has 0 N–H and O–H groups in total. The highest BCUT2D eigenvalue weighted by Gasteiger charge is 2.75. The lowest BCUT2D eigenvalue weighted by molar-refractivity contribution is -0.140. The van der Waals surface area contributed by atoms with E-state index in [9.17, 15) is 19.2 Å². The fourth-order valence-corrected chi connectivity index (χ4v) is 7.54. The maximum atomic E-state index is 14.7. The molecule has 7 rings (SSSR count). The first-order chi connectivity index (χ1) is 18.5. The van der Waals surface area contributed by atoms with Gasteiger partial charge in [-0.25, -0.2) is 4.90 Å². The number of nitrogens with zero attached hydrogens (tertiary/aromatic N) is 4. The smallest absolute Gasteiger partial charge is 0.253 e. The van der Waals surface area contributed by atoms with Crippen molar-refractivity contribution in [1.82, 2.24) is 9.80 Å². The van der Waals surface area contributed by atoms with Gasteiger partial charge in [0.1, 0.15) is 12.1 Å². The number of rotatable bonds is 3. The second-order valence-electron chi connectivity index (χ2n) is 10.8. The molecular formula is C29H30N4O5. The van der Waals surface area contributed by atoms with E-state index in [-0.39, 0.29) is 36.2 Å². The molecule has 38 heavy (non-hydrogen) atoms. The van der Waals surface area contributed by atoms with Crippen LogP contribution in [0.15, 0.2) is 54.6 Å². The number of amides is 4. The minimum absolute atomic E-state index is 0.0992. The second-order valence-corrected chi connectivity index (χ2v) is 10.8. The summed E-state index contributed by atoms with van der Waals surface area (Å²) in [4.78, 5) is 62.9. The van der Waals surface area contributed by atoms with Crippen LogP contribution >= 0.6 is 0 Å². The highest BCUT2D eigenvalue weighted by molar-refractivity contribution is 6.26. The summed E-state index contributed by atoms with van der Waals surface area (Å²) in [7, 11) is 0. The molecule has 0 aromatic heterocycles. The Morgan fingerprint density at radius 1 is 0.895 bits per heavy atom. The number of fused-ring (bicyclic) bond motifs is 7. The molecule has 9 nitrogen and oxygen atoms in total. The van der Waals surface area contributed by atoms with Gasteiger partial charge >= 0.3 is 0 Å². The van der Waals surface area contributed by atoms with E-state index in [1.54, 1.807) is 21.9 Å². The number of imide groups is 1. The Labute approximate surface area is 220 Å². The van der Waals surface area contributed by atoms with Gasteiger partial charge in [-0.2, -0.15) is 0 Å². The molecule has 5 aliphatic heterocycles. The predicted octanol–water partition coefficient (Wildman–Crippen LogP) is 1.76. The summed E-state index contributed by atoms with van der Waals surface area (Å²) >= 11 is 0. The number of benzene rings is 2. The first kappa shape index (κ1) is 23.5. The lowest BCUT2D eigenvalue weighted by atomic mass is 9.76. The lowest BCUT2D eigenvalue weighted by Gasteiger charge is -2.42. The summed E-state index contributed by atoms with van der Waals surface area (Å²) < 4.78 is 5.39. The van der Waals surface area contributed by atoms with Crippen molar-refractivity contribution in [3.8, 4) is 0 Å². The molecule has 0 radical (unpaired) electrons. The molecule has 2 aromatic rings. The van der Waals surface area contributed by atoms with Gasteiger partial charge in [-0.1, -0.05) is 42.8 Å². The van der Waals surface area contributed by atoms with Gasteiger partial charge in [-0.15, -0.1) is 0 Å². The molecule has 5 aliphatic rings. The molecule has 4 amide bonds. The van der Waals surface area contributed by atoms with Gasteiger partial charge in [-0.3, -0.25) is 24.1 Å². The van der Waals surface area contributed by atoms with E-state index < -0.39 is 17.4 Å². The Morgan fingerprint density at radius 3 is 2.42 bits per heavy atom. The number of carbonyl (C=O) groups excluding carboxylic acids is 4. The van der Waals surface area contributed by atoms with E-state index in [1.807, 2.05) is 42.5 Å². The SMILES string of the molecule is O=C(CN1C(=O)[C@]2(c3ccccc31)[C@@H]1C(=O)N(c3ccccc3)C(=O)[C@@H]1[C@H]1CCCCN12)N1CCOCC1. The first-order valence-corrected chi connectivity index (χ1v) is 13.5. The van der Waals surface area contributed by atoms with Gasteiger partial charge in [0, 0.05) is 30.4 Å². The van der Waals surface area contributed by atoms with Crippen LogP contribution < -0.4 is 9.80 Å². The lowest BCUT2D eigenvalue weighted by Crippen LogP contribution is -2.59. The number of carbonyl (C=O) groups is 4. The van der Waals surface area contributed by atoms with Crippen LogP contribution in [0, 0.1) is 11.8 Å². The summed E-state index contributed by atoms with van der Waals surface area (Å²) in [6.07, 6.45) is 2.60. The predicted molar refractivity (Wildman–Crippen MR) is 138 cm³/mol. The Balaban J connectivity index is 1.35. The summed E-state index contributed by atoms with van der Waals surface area (Å²) in [6, 6.07) is 16.3. The van der Waals surface area contributed by atoms with E-state index >= 15 is 0 Å². The summed E-state index contributed by atoms with van der Waals surface area (Å²) in [6.45, 7) is 2.47. The molecule has 0 bridgehead atoms. The minimum Gasteiger partial charge on any atom is -0.378 e. The normalized spacial score (nSPS) is 30.7. The molecule has 2 aromatic carbocycles. The third kappa shape index (κ3) is 3.06. The third-order valence-corrected chi connectivity index (χ3v) is 9.07. The molecule has 9 heteroatoms. The van der Waals surface area contributed by atoms with Crippen LogP contribution in [-0.2, 0) is 29.5 Å². The summed E-state index contributed by atoms with van der Waals surface area (Å²) in [5.74, 6) is -2.41. The van der Waals surface area contributed by atoms with Crippen LogP contribution in [0.5, 0.6) is 0 Å². The zero-order valence-electron chi connectivity index (χ0n) is 21.1. The van der Waals surface area contributed by atoms with E-state index in [1.165, 1.54) is 4.90 Å². The second kappa shape index (κ2) is 8.74. The van der Waals surface area contributed by atoms with Crippen molar-refractivity contribution in [2.24, 2.45) is 11.8 Å². The van der Waals surface area contributed by atoms with Crippen molar-refractivity contribution >= 4 is 35.0 Å². The number of ether oxygens (including phenoxy) is 1. The molecule has 1 spiro atoms. The largest absolute Gasteiger partial charge is 0.378 e. The van der Waals surface area contributed by atoms with Crippen molar-refractivity contribution < 1.29 is 23.9 Å². The van der Waals surface area contributed by atoms with Crippen LogP contribution in [0.1, 0.15) is 24.8 Å². The average molecular weight is 515 g/mol. The van der Waals surface area contributed by atoms with Crippen molar-refractivity contribution in [3.05, 3.63) is 60.2 Å². The van der Waals surface area contributed by atoms with Crippen molar-refractivity contribution in [2.75, 3.05) is 49.2 Å². The molecule has 0 unspecified atom stereocenters. The molecule has 4 saturated heterocycles. The highest BCUT2D eigenvalue weighted by Crippen LogP contribution is 2.61. The van der Waals surface area contributed by atoms with Gasteiger partial charge < -0.3 is 14.5 Å². The highest BCUT2D eigenvalue weighted by atomic mass is 16.5. The number of para-hydroxylation sites is 2. The summed E-state index contributed by atoms with van der Waals surface area (Å²) in [5.41, 5.74) is 0.624. The zero-order valence-corrected chi connectivity index (χ0v) is 21.1. The summed E-state index contributed by atoms with van der Waals surface area (Å²) in [5, 5.41) is 0. The zero-order chi connectivity index (χ0) is 26.0. The van der Waals surface area contributed by atoms with E-state index in [0.29, 0.717) is 44.2 Å². The Hall–Kier alpha value is -3.56. The number of piperidine rings is 1. The van der Waals surface area contributed by atoms with Gasteiger partial charge in [0.25, 0.3) is 5.91 Å². The number of hydrogen-bond donors (Lipinski definition) is 0. The number of anilines is 2. The first-order valence-electron chi connectivity index (χ1n) is 13.5. The van der Waals surface area contributed by atoms with Crippen LogP contribution in [0.2, 0.25) is 0 Å². The van der Waals surface area contributed by atoms with Gasteiger partial charge in [0.05, 0.1) is 30.7 Å². The number of morpholine rings is 1. The molecule has 4 atom stereocenters. The maximum absolute atomic E-state index is 14.7. The standard InChI is InChI=1S/C29H30N4O5/c34-23(30-14-16-38-17-15-30)18-31-21-11-5-4-10-20(21)29(28(31)37)25-24(22-12-6-7-13-32(22)29)26(35)33(27(25)36)19-8-2-1-3-9-19/h1-5,8-11,22,24-25H,6-7,12-18H2/t22-,24-,25+,29+/m1/s1. The van der Waals surface area contributed by atoms with Crippen LogP contribution in [0.25, 0.3) is 0 Å². The fraction of sp³-hybridized carbons (Fsp3) is 0.448. The van der Waals surface area contributed by atoms with E-state index in [2.05, 4.69) is 4.90 Å². The van der Waals surface area contributed by atoms with Crippen molar-refractivity contribution in [1.29, 1.82) is 0 Å². The monoisotopic (exact) mass is 514 g/mol. The molecule has 4 fully saturated rings. The fourth-order valence-electron chi connectivity index (χ4n) is 7.54. The van der Waals surface area contributed by atoms with Crippen LogP contribution in [0.3, 0.4) is 0 Å². The molecule has 5 heterocycles. The van der Waals surface area contributed by atoms with E-state index in [4.69, 9.17) is 4.74 Å². The van der Waals surface area contributed by atoms with Gasteiger partial charge in [-0.05, 0) is 37.6 Å². The topological polar surface area (TPSA) is 90.5 Å². The molecule has 196 valence electrons.